The molecule has 0 N–H and O–H groups in total. The van der Waals surface area contributed by atoms with Gasteiger partial charge in [-0.1, -0.05) is 115 Å². The van der Waals surface area contributed by atoms with E-state index in [1.165, 1.54) is 31.1 Å². The SMILES string of the molecule is c1ccc(-c2cc(-c3cc(-c4ccc5ccccc5c4)cc(-c4ccnc5c4sc4ccccc45)c3)nc(-c3ccccc3)n2)cc1. The summed E-state index contributed by atoms with van der Waals surface area (Å²) in [7, 11) is 0. The third-order valence-corrected chi connectivity index (χ3v) is 9.90. The van der Waals surface area contributed by atoms with Crippen LogP contribution >= 0.6 is 11.3 Å². The summed E-state index contributed by atoms with van der Waals surface area (Å²) in [6.07, 6.45) is 1.94. The van der Waals surface area contributed by atoms with E-state index in [2.05, 4.69) is 133 Å². The van der Waals surface area contributed by atoms with Gasteiger partial charge in [-0.3, -0.25) is 4.98 Å². The van der Waals surface area contributed by atoms with Crippen molar-refractivity contribution in [1.82, 2.24) is 15.0 Å². The van der Waals surface area contributed by atoms with Crippen molar-refractivity contribution in [2.75, 3.05) is 0 Å². The molecule has 9 aromatic rings. The Balaban J connectivity index is 1.31. The highest BCUT2D eigenvalue weighted by Crippen LogP contribution is 2.41. The van der Waals surface area contributed by atoms with Gasteiger partial charge < -0.3 is 0 Å². The molecule has 0 fully saturated rings. The second kappa shape index (κ2) is 11.4. The van der Waals surface area contributed by atoms with Gasteiger partial charge in [0.05, 0.1) is 21.6 Å². The van der Waals surface area contributed by atoms with Gasteiger partial charge in [-0.05, 0) is 69.9 Å². The summed E-state index contributed by atoms with van der Waals surface area (Å²) < 4.78 is 2.43. The van der Waals surface area contributed by atoms with Crippen molar-refractivity contribution < 1.29 is 0 Å². The third-order valence-electron chi connectivity index (χ3n) is 8.71. The number of hydrogen-bond donors (Lipinski definition) is 0. The minimum atomic E-state index is 0.704. The Kier molecular flexibility index (Phi) is 6.65. The Labute approximate surface area is 276 Å². The van der Waals surface area contributed by atoms with E-state index in [4.69, 9.17) is 15.0 Å². The lowest BCUT2D eigenvalue weighted by atomic mass is 9.93. The Bertz CT molecular complexity index is 2510. The molecule has 3 nitrogen and oxygen atoms in total. The first-order valence-corrected chi connectivity index (χ1v) is 16.5. The molecule has 0 bridgehead atoms. The highest BCUT2D eigenvalue weighted by molar-refractivity contribution is 7.26. The first-order chi connectivity index (χ1) is 23.3. The molecule has 0 atom stereocenters. The number of benzene rings is 6. The molecule has 4 heteroatoms. The third kappa shape index (κ3) is 5.05. The summed E-state index contributed by atoms with van der Waals surface area (Å²) in [5.41, 5.74) is 10.5. The second-order valence-corrected chi connectivity index (χ2v) is 12.7. The zero-order chi connectivity index (χ0) is 31.2. The molecule has 0 spiro atoms. The smallest absolute Gasteiger partial charge is 0.160 e. The summed E-state index contributed by atoms with van der Waals surface area (Å²) >= 11 is 1.80. The van der Waals surface area contributed by atoms with Crippen LogP contribution in [0.4, 0.5) is 0 Å². The standard InChI is InChI=1S/C43H27N3S/c1-3-12-29(13-4-1)38-27-39(46-43(45-38)30-14-5-2-6-15-30)35-25-33(32-20-19-28-11-7-8-16-31(28)23-32)24-34(26-35)36-21-22-44-41-37-17-9-10-18-40(37)47-42(36)41/h1-27H. The van der Waals surface area contributed by atoms with Crippen LogP contribution in [0.3, 0.4) is 0 Å². The van der Waals surface area contributed by atoms with E-state index >= 15 is 0 Å². The number of fused-ring (bicyclic) bond motifs is 4. The summed E-state index contributed by atoms with van der Waals surface area (Å²) in [5.74, 6) is 0.704. The largest absolute Gasteiger partial charge is 0.255 e. The molecule has 0 unspecified atom stereocenters. The van der Waals surface area contributed by atoms with Crippen LogP contribution in [0, 0.1) is 0 Å². The van der Waals surface area contributed by atoms with Gasteiger partial charge in [0.1, 0.15) is 0 Å². The van der Waals surface area contributed by atoms with Crippen molar-refractivity contribution in [1.29, 1.82) is 0 Å². The molecule has 47 heavy (non-hydrogen) atoms. The first kappa shape index (κ1) is 27.3. The van der Waals surface area contributed by atoms with E-state index in [0.29, 0.717) is 5.82 Å². The molecular weight excluding hydrogens is 591 g/mol. The van der Waals surface area contributed by atoms with Crippen molar-refractivity contribution >= 4 is 42.4 Å². The fourth-order valence-electron chi connectivity index (χ4n) is 6.37. The van der Waals surface area contributed by atoms with Crippen molar-refractivity contribution in [2.45, 2.75) is 0 Å². The van der Waals surface area contributed by atoms with Gasteiger partial charge in [0.15, 0.2) is 5.82 Å². The van der Waals surface area contributed by atoms with Gasteiger partial charge in [0, 0.05) is 38.5 Å². The Morgan fingerprint density at radius 1 is 0.426 bits per heavy atom. The molecule has 0 aliphatic carbocycles. The molecule has 0 aliphatic rings. The summed E-state index contributed by atoms with van der Waals surface area (Å²) in [5, 5.41) is 3.63. The molecule has 9 rings (SSSR count). The van der Waals surface area contributed by atoms with E-state index in [0.717, 1.165) is 50.3 Å². The molecule has 0 saturated heterocycles. The van der Waals surface area contributed by atoms with Gasteiger partial charge >= 0.3 is 0 Å². The van der Waals surface area contributed by atoms with E-state index in [9.17, 15) is 0 Å². The summed E-state index contributed by atoms with van der Waals surface area (Å²) in [4.78, 5) is 15.1. The number of hydrogen-bond acceptors (Lipinski definition) is 4. The van der Waals surface area contributed by atoms with Gasteiger partial charge in [0.2, 0.25) is 0 Å². The second-order valence-electron chi connectivity index (χ2n) is 11.7. The number of rotatable bonds is 5. The van der Waals surface area contributed by atoms with Gasteiger partial charge in [-0.25, -0.2) is 9.97 Å². The van der Waals surface area contributed by atoms with E-state index < -0.39 is 0 Å². The van der Waals surface area contributed by atoms with Crippen LogP contribution in [-0.2, 0) is 0 Å². The molecule has 0 radical (unpaired) electrons. The van der Waals surface area contributed by atoms with Gasteiger partial charge in [0.25, 0.3) is 0 Å². The fraction of sp³-hybridized carbons (Fsp3) is 0. The van der Waals surface area contributed by atoms with Crippen molar-refractivity contribution in [3.63, 3.8) is 0 Å². The average molecular weight is 618 g/mol. The van der Waals surface area contributed by atoms with Crippen LogP contribution in [0.1, 0.15) is 0 Å². The van der Waals surface area contributed by atoms with Crippen molar-refractivity contribution in [2.24, 2.45) is 0 Å². The maximum atomic E-state index is 5.20. The minimum absolute atomic E-state index is 0.704. The predicted octanol–water partition coefficient (Wildman–Crippen LogP) is 11.7. The quantitative estimate of drug-likeness (QED) is 0.193. The van der Waals surface area contributed by atoms with E-state index in [-0.39, 0.29) is 0 Å². The number of aromatic nitrogens is 3. The summed E-state index contributed by atoms with van der Waals surface area (Å²) in [6, 6.07) is 55.5. The van der Waals surface area contributed by atoms with Crippen molar-refractivity contribution in [3.05, 3.63) is 164 Å². The average Bonchev–Trinajstić information content (AvgIpc) is 3.54. The maximum Gasteiger partial charge on any atom is 0.160 e. The molecule has 3 aromatic heterocycles. The highest BCUT2D eigenvalue weighted by atomic mass is 32.1. The number of thiophene rings is 1. The van der Waals surface area contributed by atoms with E-state index in [1.807, 2.05) is 30.5 Å². The predicted molar refractivity (Wildman–Crippen MR) is 197 cm³/mol. The monoisotopic (exact) mass is 617 g/mol. The van der Waals surface area contributed by atoms with Gasteiger partial charge in [-0.15, -0.1) is 11.3 Å². The Hall–Kier alpha value is -5.97. The number of nitrogens with zero attached hydrogens (tertiary/aromatic N) is 3. The van der Waals surface area contributed by atoms with Crippen molar-refractivity contribution in [3.8, 4) is 56.2 Å². The fourth-order valence-corrected chi connectivity index (χ4v) is 7.56. The molecule has 3 heterocycles. The Morgan fingerprint density at radius 2 is 1.09 bits per heavy atom. The normalized spacial score (nSPS) is 11.4. The van der Waals surface area contributed by atoms with Crippen LogP contribution in [0.5, 0.6) is 0 Å². The van der Waals surface area contributed by atoms with Crippen LogP contribution < -0.4 is 0 Å². The molecule has 0 saturated carbocycles. The molecule has 0 amide bonds. The molecule has 0 aliphatic heterocycles. The van der Waals surface area contributed by atoms with Crippen LogP contribution in [0.15, 0.2) is 164 Å². The summed E-state index contributed by atoms with van der Waals surface area (Å²) in [6.45, 7) is 0. The van der Waals surface area contributed by atoms with E-state index in [1.54, 1.807) is 11.3 Å². The molecule has 6 aromatic carbocycles. The lowest BCUT2D eigenvalue weighted by Crippen LogP contribution is -1.96. The minimum Gasteiger partial charge on any atom is -0.255 e. The zero-order valence-electron chi connectivity index (χ0n) is 25.3. The highest BCUT2D eigenvalue weighted by Gasteiger charge is 2.16. The van der Waals surface area contributed by atoms with Crippen LogP contribution in [-0.4, -0.2) is 15.0 Å². The molecular formula is C43H27N3S. The lowest BCUT2D eigenvalue weighted by Gasteiger charge is -2.14. The number of pyridine rings is 1. The maximum absolute atomic E-state index is 5.20. The Morgan fingerprint density at radius 3 is 1.91 bits per heavy atom. The van der Waals surface area contributed by atoms with Crippen LogP contribution in [0.2, 0.25) is 0 Å². The zero-order valence-corrected chi connectivity index (χ0v) is 26.2. The van der Waals surface area contributed by atoms with Crippen LogP contribution in [0.25, 0.3) is 87.2 Å². The van der Waals surface area contributed by atoms with Gasteiger partial charge in [-0.2, -0.15) is 0 Å². The first-order valence-electron chi connectivity index (χ1n) is 15.7. The lowest BCUT2D eigenvalue weighted by molar-refractivity contribution is 1.18. The molecule has 220 valence electrons. The topological polar surface area (TPSA) is 38.7 Å².